The molecular weight excluding hydrogens is 195 g/mol. The maximum absolute atomic E-state index is 13.2. The summed E-state index contributed by atoms with van der Waals surface area (Å²) in [6.45, 7) is 0.0528. The fourth-order valence-corrected chi connectivity index (χ4v) is 1.21. The Labute approximate surface area is 80.9 Å². The molecule has 0 radical (unpaired) electrons. The minimum absolute atomic E-state index is 0.00709. The van der Waals surface area contributed by atoms with Crippen molar-refractivity contribution in [1.29, 1.82) is 0 Å². The van der Waals surface area contributed by atoms with Crippen LogP contribution in [0.25, 0.3) is 0 Å². The Hall–Kier alpha value is -0.640. The normalized spacial score (nSPS) is 12.9. The molecule has 0 heterocycles. The zero-order valence-corrected chi connectivity index (χ0v) is 7.88. The molecule has 72 valence electrons. The molecule has 1 atom stereocenters. The van der Waals surface area contributed by atoms with E-state index in [4.69, 9.17) is 16.3 Å². The molecule has 13 heavy (non-hydrogen) atoms. The summed E-state index contributed by atoms with van der Waals surface area (Å²) >= 11 is 5.53. The van der Waals surface area contributed by atoms with Crippen LogP contribution in [0.4, 0.5) is 4.39 Å². The van der Waals surface area contributed by atoms with E-state index in [9.17, 15) is 9.50 Å². The van der Waals surface area contributed by atoms with Crippen LogP contribution in [0.3, 0.4) is 0 Å². The lowest BCUT2D eigenvalue weighted by Gasteiger charge is -2.10. The Kier molecular flexibility index (Phi) is 3.66. The van der Waals surface area contributed by atoms with E-state index >= 15 is 0 Å². The van der Waals surface area contributed by atoms with Gasteiger partial charge in [0.1, 0.15) is 11.9 Å². The first kappa shape index (κ1) is 10.4. The molecule has 2 nitrogen and oxygen atoms in total. The molecule has 1 N–H and O–H groups in total. The van der Waals surface area contributed by atoms with Crippen molar-refractivity contribution < 1.29 is 14.2 Å². The summed E-state index contributed by atoms with van der Waals surface area (Å²) in [6, 6.07) is 4.49. The fourth-order valence-electron chi connectivity index (χ4n) is 1.03. The molecular formula is C9H10ClFO2. The number of aliphatic hydroxyl groups excluding tert-OH is 1. The third kappa shape index (κ3) is 2.40. The van der Waals surface area contributed by atoms with Crippen molar-refractivity contribution in [3.8, 4) is 0 Å². The highest BCUT2D eigenvalue weighted by molar-refractivity contribution is 6.30. The SMILES string of the molecule is COCC(O)c1cccc(Cl)c1F. The monoisotopic (exact) mass is 204 g/mol. The van der Waals surface area contributed by atoms with Crippen LogP contribution in [-0.4, -0.2) is 18.8 Å². The predicted octanol–water partition coefficient (Wildman–Crippen LogP) is 2.16. The summed E-state index contributed by atoms with van der Waals surface area (Å²) in [5.41, 5.74) is 0.161. The van der Waals surface area contributed by atoms with E-state index in [2.05, 4.69) is 0 Å². The molecule has 0 aliphatic rings. The van der Waals surface area contributed by atoms with E-state index in [-0.39, 0.29) is 17.2 Å². The zero-order valence-electron chi connectivity index (χ0n) is 7.13. The van der Waals surface area contributed by atoms with E-state index in [1.54, 1.807) is 6.07 Å². The quantitative estimate of drug-likeness (QED) is 0.818. The first-order valence-electron chi connectivity index (χ1n) is 3.77. The Morgan fingerprint density at radius 2 is 2.31 bits per heavy atom. The fraction of sp³-hybridized carbons (Fsp3) is 0.333. The second-order valence-corrected chi connectivity index (χ2v) is 3.02. The second-order valence-electron chi connectivity index (χ2n) is 2.61. The highest BCUT2D eigenvalue weighted by Crippen LogP contribution is 2.23. The number of ether oxygens (including phenoxy) is 1. The van der Waals surface area contributed by atoms with Gasteiger partial charge in [-0.15, -0.1) is 0 Å². The van der Waals surface area contributed by atoms with Crippen LogP contribution < -0.4 is 0 Å². The average molecular weight is 205 g/mol. The first-order valence-corrected chi connectivity index (χ1v) is 4.15. The third-order valence-corrected chi connectivity index (χ3v) is 1.96. The minimum atomic E-state index is -0.969. The molecule has 0 aliphatic carbocycles. The van der Waals surface area contributed by atoms with E-state index in [1.807, 2.05) is 0 Å². The molecule has 0 fully saturated rings. The van der Waals surface area contributed by atoms with Gasteiger partial charge in [-0.2, -0.15) is 0 Å². The predicted molar refractivity (Wildman–Crippen MR) is 48.2 cm³/mol. The molecule has 0 bridgehead atoms. The van der Waals surface area contributed by atoms with Gasteiger partial charge in [0.2, 0.25) is 0 Å². The number of benzene rings is 1. The lowest BCUT2D eigenvalue weighted by Crippen LogP contribution is -2.07. The molecule has 0 saturated heterocycles. The summed E-state index contributed by atoms with van der Waals surface area (Å²) in [5.74, 6) is -0.589. The van der Waals surface area contributed by atoms with E-state index in [0.717, 1.165) is 0 Å². The minimum Gasteiger partial charge on any atom is -0.386 e. The van der Waals surface area contributed by atoms with Crippen molar-refractivity contribution in [3.63, 3.8) is 0 Å². The van der Waals surface area contributed by atoms with Gasteiger partial charge in [0, 0.05) is 12.7 Å². The van der Waals surface area contributed by atoms with Gasteiger partial charge < -0.3 is 9.84 Å². The number of halogens is 2. The van der Waals surface area contributed by atoms with Crippen LogP contribution in [0.1, 0.15) is 11.7 Å². The van der Waals surface area contributed by atoms with Crippen LogP contribution in [-0.2, 0) is 4.74 Å². The smallest absolute Gasteiger partial charge is 0.147 e. The van der Waals surface area contributed by atoms with Crippen LogP contribution in [0.2, 0.25) is 5.02 Å². The molecule has 0 aliphatic heterocycles. The molecule has 1 aromatic rings. The summed E-state index contributed by atoms with van der Waals surface area (Å²) in [4.78, 5) is 0. The molecule has 0 aromatic heterocycles. The number of hydrogen-bond donors (Lipinski definition) is 1. The number of methoxy groups -OCH3 is 1. The molecule has 0 amide bonds. The summed E-state index contributed by atoms with van der Waals surface area (Å²) < 4.78 is 17.9. The Morgan fingerprint density at radius 1 is 1.62 bits per heavy atom. The lowest BCUT2D eigenvalue weighted by atomic mass is 10.1. The summed E-state index contributed by atoms with van der Waals surface area (Å²) in [7, 11) is 1.44. The maximum Gasteiger partial charge on any atom is 0.147 e. The van der Waals surface area contributed by atoms with Gasteiger partial charge in [-0.1, -0.05) is 23.7 Å². The largest absolute Gasteiger partial charge is 0.386 e. The van der Waals surface area contributed by atoms with Gasteiger partial charge in [-0.25, -0.2) is 4.39 Å². The second kappa shape index (κ2) is 4.56. The van der Waals surface area contributed by atoms with Crippen LogP contribution in [0.15, 0.2) is 18.2 Å². The standard InChI is InChI=1S/C9H10ClFO2/c1-13-5-8(12)6-3-2-4-7(10)9(6)11/h2-4,8,12H,5H2,1H3. The van der Waals surface area contributed by atoms with Gasteiger partial charge >= 0.3 is 0 Å². The van der Waals surface area contributed by atoms with Crippen LogP contribution in [0.5, 0.6) is 0 Å². The maximum atomic E-state index is 13.2. The molecule has 1 aromatic carbocycles. The van der Waals surface area contributed by atoms with Gasteiger partial charge in [0.25, 0.3) is 0 Å². The molecule has 1 rings (SSSR count). The van der Waals surface area contributed by atoms with Crippen LogP contribution in [0, 0.1) is 5.82 Å². The van der Waals surface area contributed by atoms with E-state index in [1.165, 1.54) is 19.2 Å². The van der Waals surface area contributed by atoms with Crippen molar-refractivity contribution in [2.45, 2.75) is 6.10 Å². The average Bonchev–Trinajstić information content (AvgIpc) is 2.10. The van der Waals surface area contributed by atoms with E-state index in [0.29, 0.717) is 0 Å². The summed E-state index contributed by atoms with van der Waals surface area (Å²) in [6.07, 6.45) is -0.969. The van der Waals surface area contributed by atoms with Crippen molar-refractivity contribution in [2.75, 3.05) is 13.7 Å². The Balaban J connectivity index is 2.93. The van der Waals surface area contributed by atoms with Gasteiger partial charge in [-0.05, 0) is 6.07 Å². The summed E-state index contributed by atoms with van der Waals surface area (Å²) in [5, 5.41) is 9.41. The highest BCUT2D eigenvalue weighted by atomic mass is 35.5. The van der Waals surface area contributed by atoms with Gasteiger partial charge in [-0.3, -0.25) is 0 Å². The van der Waals surface area contributed by atoms with Crippen molar-refractivity contribution in [3.05, 3.63) is 34.6 Å². The number of rotatable bonds is 3. The molecule has 0 saturated carbocycles. The topological polar surface area (TPSA) is 29.5 Å². The van der Waals surface area contributed by atoms with E-state index < -0.39 is 11.9 Å². The number of hydrogen-bond acceptors (Lipinski definition) is 2. The lowest BCUT2D eigenvalue weighted by molar-refractivity contribution is 0.0621. The molecule has 1 unspecified atom stereocenters. The van der Waals surface area contributed by atoms with Gasteiger partial charge in [0.15, 0.2) is 0 Å². The Morgan fingerprint density at radius 3 is 2.92 bits per heavy atom. The zero-order chi connectivity index (χ0) is 9.84. The van der Waals surface area contributed by atoms with Crippen LogP contribution >= 0.6 is 11.6 Å². The molecule has 0 spiro atoms. The van der Waals surface area contributed by atoms with Crippen molar-refractivity contribution in [1.82, 2.24) is 0 Å². The molecule has 4 heteroatoms. The highest BCUT2D eigenvalue weighted by Gasteiger charge is 2.14. The third-order valence-electron chi connectivity index (χ3n) is 1.66. The number of aliphatic hydroxyl groups is 1. The van der Waals surface area contributed by atoms with Crippen molar-refractivity contribution in [2.24, 2.45) is 0 Å². The van der Waals surface area contributed by atoms with Gasteiger partial charge in [0.05, 0.1) is 11.6 Å². The van der Waals surface area contributed by atoms with Crippen molar-refractivity contribution >= 4 is 11.6 Å². The Bertz CT molecular complexity index is 291. The first-order chi connectivity index (χ1) is 6.16.